The van der Waals surface area contributed by atoms with Crippen LogP contribution in [-0.2, 0) is 26.5 Å². The van der Waals surface area contributed by atoms with Crippen LogP contribution in [0.4, 0.5) is 11.4 Å². The number of aliphatic imine (C=N–C) groups is 1. The SMILES string of the molecule is C[C@]1(C(=Nc2ccc(Cl)cc2)C(=O)Nc2ccc(Cl)cc2)OC(=O)C[n+]2ccccc21. The van der Waals surface area contributed by atoms with Crippen LogP contribution >= 0.6 is 23.2 Å². The highest BCUT2D eigenvalue weighted by atomic mass is 35.5. The molecule has 3 aromatic rings. The van der Waals surface area contributed by atoms with Gasteiger partial charge in [0.05, 0.1) is 5.69 Å². The molecule has 0 fully saturated rings. The smallest absolute Gasteiger partial charge is 0.374 e. The first-order valence-electron chi connectivity index (χ1n) is 9.47. The Labute approximate surface area is 189 Å². The van der Waals surface area contributed by atoms with Crippen molar-refractivity contribution >= 4 is 52.2 Å². The first kappa shape index (κ1) is 21.0. The van der Waals surface area contributed by atoms with Crippen molar-refractivity contribution in [1.29, 1.82) is 0 Å². The van der Waals surface area contributed by atoms with E-state index in [0.29, 0.717) is 27.1 Å². The standard InChI is InChI=1S/C23H17Cl2N3O3/c1-23(19-4-2-3-13-28(19)14-20(29)31-23)21(26-17-9-5-15(24)6-10-17)22(30)27-18-11-7-16(25)8-12-18/h2-13H,14H2,1H3/p+1/t23-/m0/s1. The summed E-state index contributed by atoms with van der Waals surface area (Å²) in [6.07, 6.45) is 1.77. The number of rotatable bonds is 4. The van der Waals surface area contributed by atoms with Gasteiger partial charge in [-0.3, -0.25) is 4.79 Å². The van der Waals surface area contributed by atoms with Crippen LogP contribution in [0.2, 0.25) is 10.0 Å². The van der Waals surface area contributed by atoms with Gasteiger partial charge in [-0.1, -0.05) is 23.2 Å². The number of hydrogen-bond donors (Lipinski definition) is 1. The average molecular weight is 455 g/mol. The van der Waals surface area contributed by atoms with E-state index in [1.807, 2.05) is 12.1 Å². The summed E-state index contributed by atoms with van der Waals surface area (Å²) in [5.74, 6) is -0.973. The van der Waals surface area contributed by atoms with Crippen molar-refractivity contribution in [2.45, 2.75) is 19.1 Å². The Morgan fingerprint density at radius 1 is 1.03 bits per heavy atom. The second-order valence-corrected chi connectivity index (χ2v) is 7.99. The van der Waals surface area contributed by atoms with Crippen molar-refractivity contribution in [2.24, 2.45) is 4.99 Å². The molecule has 0 bridgehead atoms. The Bertz CT molecular complexity index is 1180. The van der Waals surface area contributed by atoms with Crippen LogP contribution in [-0.4, -0.2) is 17.6 Å². The fraction of sp³-hybridized carbons (Fsp3) is 0.130. The molecule has 0 saturated heterocycles. The van der Waals surface area contributed by atoms with Crippen LogP contribution in [0.25, 0.3) is 0 Å². The monoisotopic (exact) mass is 454 g/mol. The number of amides is 1. The number of carbonyl (C=O) groups is 2. The maximum absolute atomic E-state index is 13.4. The zero-order chi connectivity index (χ0) is 22.0. The summed E-state index contributed by atoms with van der Waals surface area (Å²) in [7, 11) is 0. The Morgan fingerprint density at radius 2 is 1.68 bits per heavy atom. The van der Waals surface area contributed by atoms with E-state index in [1.54, 1.807) is 72.3 Å². The van der Waals surface area contributed by atoms with Crippen LogP contribution in [0.1, 0.15) is 12.6 Å². The molecule has 156 valence electrons. The Balaban J connectivity index is 1.82. The largest absolute Gasteiger partial charge is 0.436 e. The molecule has 1 atom stereocenters. The zero-order valence-electron chi connectivity index (χ0n) is 16.5. The molecule has 1 aliphatic rings. The van der Waals surface area contributed by atoms with Crippen molar-refractivity contribution in [3.63, 3.8) is 0 Å². The van der Waals surface area contributed by atoms with Crippen molar-refractivity contribution in [1.82, 2.24) is 0 Å². The fourth-order valence-corrected chi connectivity index (χ4v) is 3.66. The number of esters is 1. The van der Waals surface area contributed by atoms with Gasteiger partial charge in [-0.15, -0.1) is 0 Å². The number of hydrogen-bond acceptors (Lipinski definition) is 4. The molecule has 4 rings (SSSR count). The predicted octanol–water partition coefficient (Wildman–Crippen LogP) is 4.46. The number of carbonyl (C=O) groups excluding carboxylic acids is 2. The number of pyridine rings is 1. The van der Waals surface area contributed by atoms with Gasteiger partial charge in [-0.25, -0.2) is 9.79 Å². The molecule has 0 saturated carbocycles. The fourth-order valence-electron chi connectivity index (χ4n) is 3.41. The highest BCUT2D eigenvalue weighted by Gasteiger charge is 2.50. The Morgan fingerprint density at radius 3 is 2.35 bits per heavy atom. The average Bonchev–Trinajstić information content (AvgIpc) is 2.74. The first-order valence-corrected chi connectivity index (χ1v) is 10.2. The second kappa shape index (κ2) is 8.49. The number of nitrogens with zero attached hydrogens (tertiary/aromatic N) is 2. The van der Waals surface area contributed by atoms with E-state index < -0.39 is 17.5 Å². The van der Waals surface area contributed by atoms with Crippen LogP contribution in [0.5, 0.6) is 0 Å². The lowest BCUT2D eigenvalue weighted by Gasteiger charge is -2.31. The summed E-state index contributed by atoms with van der Waals surface area (Å²) < 4.78 is 7.49. The van der Waals surface area contributed by atoms with Gasteiger partial charge in [-0.05, 0) is 61.5 Å². The maximum atomic E-state index is 13.4. The molecule has 0 spiro atoms. The third-order valence-electron chi connectivity index (χ3n) is 4.88. The molecule has 0 unspecified atom stereocenters. The lowest BCUT2D eigenvalue weighted by molar-refractivity contribution is -0.705. The minimum atomic E-state index is -1.41. The van der Waals surface area contributed by atoms with Crippen molar-refractivity contribution in [3.8, 4) is 0 Å². The van der Waals surface area contributed by atoms with E-state index in [0.717, 1.165) is 0 Å². The number of benzene rings is 2. The van der Waals surface area contributed by atoms with E-state index in [4.69, 9.17) is 27.9 Å². The predicted molar refractivity (Wildman–Crippen MR) is 119 cm³/mol. The van der Waals surface area contributed by atoms with E-state index in [1.165, 1.54) is 0 Å². The quantitative estimate of drug-likeness (QED) is 0.359. The molecule has 1 aliphatic heterocycles. The number of ether oxygens (including phenoxy) is 1. The molecule has 1 amide bonds. The van der Waals surface area contributed by atoms with E-state index in [9.17, 15) is 9.59 Å². The third kappa shape index (κ3) is 4.45. The van der Waals surface area contributed by atoms with Gasteiger partial charge in [0.25, 0.3) is 5.91 Å². The molecule has 0 aliphatic carbocycles. The third-order valence-corrected chi connectivity index (χ3v) is 5.39. The highest BCUT2D eigenvalue weighted by molar-refractivity contribution is 6.46. The maximum Gasteiger partial charge on any atom is 0.374 e. The molecule has 31 heavy (non-hydrogen) atoms. The number of nitrogens with one attached hydrogen (secondary N) is 1. The highest BCUT2D eigenvalue weighted by Crippen LogP contribution is 2.31. The molecule has 6 nitrogen and oxygen atoms in total. The summed E-state index contributed by atoms with van der Waals surface area (Å²) >= 11 is 11.9. The number of cyclic esters (lactones) is 1. The van der Waals surface area contributed by atoms with Gasteiger partial charge in [0, 0.05) is 27.9 Å². The van der Waals surface area contributed by atoms with E-state index in [2.05, 4.69) is 10.3 Å². The second-order valence-electron chi connectivity index (χ2n) is 7.12. The van der Waals surface area contributed by atoms with Gasteiger partial charge in [-0.2, -0.15) is 4.57 Å². The summed E-state index contributed by atoms with van der Waals surface area (Å²) in [4.78, 5) is 30.4. The van der Waals surface area contributed by atoms with Gasteiger partial charge in [0.15, 0.2) is 11.9 Å². The van der Waals surface area contributed by atoms with Gasteiger partial charge in [0.1, 0.15) is 0 Å². The lowest BCUT2D eigenvalue weighted by atomic mass is 9.92. The van der Waals surface area contributed by atoms with E-state index in [-0.39, 0.29) is 12.3 Å². The van der Waals surface area contributed by atoms with Gasteiger partial charge < -0.3 is 10.1 Å². The van der Waals surface area contributed by atoms with Crippen LogP contribution in [0.3, 0.4) is 0 Å². The molecule has 1 aromatic heterocycles. The topological polar surface area (TPSA) is 71.6 Å². The zero-order valence-corrected chi connectivity index (χ0v) is 18.0. The summed E-state index contributed by atoms with van der Waals surface area (Å²) in [6, 6.07) is 18.8. The summed E-state index contributed by atoms with van der Waals surface area (Å²) in [6.45, 7) is 1.71. The molecular formula is C23H18Cl2N3O3+. The summed E-state index contributed by atoms with van der Waals surface area (Å²) in [5, 5.41) is 3.91. The van der Waals surface area contributed by atoms with Crippen molar-refractivity contribution in [2.75, 3.05) is 5.32 Å². The number of fused-ring (bicyclic) bond motifs is 1. The molecular weight excluding hydrogens is 437 g/mol. The molecule has 8 heteroatoms. The van der Waals surface area contributed by atoms with Gasteiger partial charge >= 0.3 is 5.97 Å². The normalized spacial score (nSPS) is 18.2. The van der Waals surface area contributed by atoms with Crippen molar-refractivity contribution in [3.05, 3.63) is 88.7 Å². The lowest BCUT2D eigenvalue weighted by Crippen LogP contribution is -2.59. The number of halogens is 2. The minimum Gasteiger partial charge on any atom is -0.436 e. The van der Waals surface area contributed by atoms with E-state index >= 15 is 0 Å². The van der Waals surface area contributed by atoms with Gasteiger partial charge in [0.2, 0.25) is 17.8 Å². The molecule has 2 aromatic carbocycles. The molecule has 2 heterocycles. The van der Waals surface area contributed by atoms with Crippen LogP contribution in [0, 0.1) is 0 Å². The number of aromatic nitrogens is 1. The van der Waals surface area contributed by atoms with Crippen LogP contribution < -0.4 is 9.88 Å². The summed E-state index contributed by atoms with van der Waals surface area (Å²) in [5.41, 5.74) is 0.277. The minimum absolute atomic E-state index is 0.0257. The molecule has 0 radical (unpaired) electrons. The van der Waals surface area contributed by atoms with Crippen molar-refractivity contribution < 1.29 is 18.9 Å². The first-order chi connectivity index (χ1) is 14.8. The number of anilines is 1. The Kier molecular flexibility index (Phi) is 5.76. The van der Waals surface area contributed by atoms with Crippen LogP contribution in [0.15, 0.2) is 77.9 Å². The Hall–Kier alpha value is -3.22. The molecule has 1 N–H and O–H groups in total.